The van der Waals surface area contributed by atoms with Crippen LogP contribution in [0, 0.1) is 0 Å². The minimum atomic E-state index is -0.944. The monoisotopic (exact) mass is 268 g/mol. The summed E-state index contributed by atoms with van der Waals surface area (Å²) in [5.41, 5.74) is 1.69. The number of para-hydroxylation sites is 1. The number of benzene rings is 1. The van der Waals surface area contributed by atoms with E-state index in [2.05, 4.69) is 4.98 Å². The van der Waals surface area contributed by atoms with Gasteiger partial charge in [0, 0.05) is 17.4 Å². The fraction of sp³-hybridized carbons (Fsp3) is 0.133. The first-order valence-corrected chi connectivity index (χ1v) is 6.24. The van der Waals surface area contributed by atoms with Crippen molar-refractivity contribution in [3.8, 4) is 0 Å². The van der Waals surface area contributed by atoms with Gasteiger partial charge in [-0.3, -0.25) is 19.5 Å². The molecule has 1 aromatic heterocycles. The molecule has 1 N–H and O–H groups in total. The number of nitrogens with zero attached hydrogens (tertiary/aromatic N) is 2. The quantitative estimate of drug-likeness (QED) is 0.926. The number of rotatable bonds is 3. The summed E-state index contributed by atoms with van der Waals surface area (Å²) >= 11 is 0. The van der Waals surface area contributed by atoms with Crippen molar-refractivity contribution < 1.29 is 14.7 Å². The second-order valence-corrected chi connectivity index (χ2v) is 4.57. The van der Waals surface area contributed by atoms with Crippen molar-refractivity contribution in [3.05, 3.63) is 59.9 Å². The van der Waals surface area contributed by atoms with Crippen LogP contribution >= 0.6 is 0 Å². The number of anilines is 1. The van der Waals surface area contributed by atoms with Crippen molar-refractivity contribution in [2.45, 2.75) is 12.5 Å². The van der Waals surface area contributed by atoms with Gasteiger partial charge in [0.05, 0.1) is 12.5 Å². The topological polar surface area (TPSA) is 70.5 Å². The molecule has 1 aliphatic rings. The van der Waals surface area contributed by atoms with Gasteiger partial charge >= 0.3 is 5.97 Å². The Morgan fingerprint density at radius 3 is 2.65 bits per heavy atom. The SMILES string of the molecule is O=C(O)CC1c2cccnc2C(=O)N1c1ccccc1. The highest BCUT2D eigenvalue weighted by atomic mass is 16.4. The Morgan fingerprint density at radius 2 is 1.95 bits per heavy atom. The zero-order valence-corrected chi connectivity index (χ0v) is 10.6. The van der Waals surface area contributed by atoms with E-state index in [1.165, 1.54) is 4.90 Å². The molecule has 1 unspecified atom stereocenters. The average Bonchev–Trinajstić information content (AvgIpc) is 2.73. The van der Waals surface area contributed by atoms with Crippen molar-refractivity contribution in [2.24, 2.45) is 0 Å². The number of pyridine rings is 1. The zero-order chi connectivity index (χ0) is 14.1. The van der Waals surface area contributed by atoms with Crippen molar-refractivity contribution in [1.29, 1.82) is 0 Å². The minimum absolute atomic E-state index is 0.140. The first kappa shape index (κ1) is 12.3. The molecule has 5 heteroatoms. The minimum Gasteiger partial charge on any atom is -0.481 e. The van der Waals surface area contributed by atoms with Gasteiger partial charge in [-0.2, -0.15) is 0 Å². The maximum atomic E-state index is 12.5. The van der Waals surface area contributed by atoms with E-state index in [1.807, 2.05) is 18.2 Å². The Hall–Kier alpha value is -2.69. The van der Waals surface area contributed by atoms with Crippen molar-refractivity contribution in [3.63, 3.8) is 0 Å². The smallest absolute Gasteiger partial charge is 0.305 e. The van der Waals surface area contributed by atoms with E-state index in [4.69, 9.17) is 5.11 Å². The highest BCUT2D eigenvalue weighted by Gasteiger charge is 2.39. The summed E-state index contributed by atoms with van der Waals surface area (Å²) in [6, 6.07) is 12.0. The van der Waals surface area contributed by atoms with Gasteiger partial charge in [0.1, 0.15) is 5.69 Å². The molecule has 3 rings (SSSR count). The van der Waals surface area contributed by atoms with Crippen LogP contribution in [0.4, 0.5) is 5.69 Å². The zero-order valence-electron chi connectivity index (χ0n) is 10.6. The second kappa shape index (κ2) is 4.77. The molecule has 0 spiro atoms. The molecule has 1 aromatic carbocycles. The molecular formula is C15H12N2O3. The van der Waals surface area contributed by atoms with E-state index in [0.717, 1.165) is 0 Å². The summed E-state index contributed by atoms with van der Waals surface area (Å²) in [5, 5.41) is 9.09. The molecule has 0 bridgehead atoms. The van der Waals surface area contributed by atoms with Crippen LogP contribution in [0.25, 0.3) is 0 Å². The van der Waals surface area contributed by atoms with Crippen LogP contribution in [-0.4, -0.2) is 22.0 Å². The van der Waals surface area contributed by atoms with Gasteiger partial charge in [-0.15, -0.1) is 0 Å². The molecule has 20 heavy (non-hydrogen) atoms. The van der Waals surface area contributed by atoms with Gasteiger partial charge < -0.3 is 5.11 Å². The van der Waals surface area contributed by atoms with Crippen LogP contribution in [-0.2, 0) is 4.79 Å². The molecule has 2 aromatic rings. The lowest BCUT2D eigenvalue weighted by Gasteiger charge is -2.23. The standard InChI is InChI=1S/C15H12N2O3/c18-13(19)9-12-11-7-4-8-16-14(11)15(20)17(12)10-5-2-1-3-6-10/h1-8,12H,9H2,(H,18,19). The van der Waals surface area contributed by atoms with Crippen LogP contribution in [0.1, 0.15) is 28.5 Å². The predicted molar refractivity (Wildman–Crippen MR) is 72.5 cm³/mol. The third kappa shape index (κ3) is 1.93. The number of carbonyl (C=O) groups is 2. The molecule has 0 radical (unpaired) electrons. The maximum Gasteiger partial charge on any atom is 0.305 e. The van der Waals surface area contributed by atoms with Crippen molar-refractivity contribution in [1.82, 2.24) is 4.98 Å². The molecular weight excluding hydrogens is 256 g/mol. The molecule has 0 saturated heterocycles. The summed E-state index contributed by atoms with van der Waals surface area (Å²) in [4.78, 5) is 29.1. The van der Waals surface area contributed by atoms with Crippen LogP contribution in [0.5, 0.6) is 0 Å². The Bertz CT molecular complexity index is 670. The first-order valence-electron chi connectivity index (χ1n) is 6.24. The Kier molecular flexibility index (Phi) is 2.95. The first-order chi connectivity index (χ1) is 9.68. The van der Waals surface area contributed by atoms with Crippen LogP contribution in [0.3, 0.4) is 0 Å². The van der Waals surface area contributed by atoms with E-state index < -0.39 is 12.0 Å². The van der Waals surface area contributed by atoms with E-state index in [-0.39, 0.29) is 12.3 Å². The van der Waals surface area contributed by atoms with Crippen LogP contribution in [0.15, 0.2) is 48.7 Å². The number of fused-ring (bicyclic) bond motifs is 1. The average molecular weight is 268 g/mol. The van der Waals surface area contributed by atoms with Gasteiger partial charge in [-0.25, -0.2) is 0 Å². The number of carboxylic acid groups (broad SMARTS) is 1. The Morgan fingerprint density at radius 1 is 1.20 bits per heavy atom. The number of carbonyl (C=O) groups excluding carboxylic acids is 1. The second-order valence-electron chi connectivity index (χ2n) is 4.57. The van der Waals surface area contributed by atoms with Gasteiger partial charge in [0.15, 0.2) is 0 Å². The number of aliphatic carboxylic acids is 1. The largest absolute Gasteiger partial charge is 0.481 e. The number of amides is 1. The van der Waals surface area contributed by atoms with Gasteiger partial charge in [0.2, 0.25) is 0 Å². The molecule has 2 heterocycles. The lowest BCUT2D eigenvalue weighted by atomic mass is 10.1. The molecule has 0 fully saturated rings. The Labute approximate surface area is 115 Å². The summed E-state index contributed by atoms with van der Waals surface area (Å²) in [5.74, 6) is -1.20. The predicted octanol–water partition coefficient (Wildman–Crippen LogP) is 2.26. The normalized spacial score (nSPS) is 17.1. The summed E-state index contributed by atoms with van der Waals surface area (Å²) < 4.78 is 0. The molecule has 0 aliphatic carbocycles. The van der Waals surface area contributed by atoms with E-state index in [0.29, 0.717) is 16.9 Å². The lowest BCUT2D eigenvalue weighted by molar-refractivity contribution is -0.137. The summed E-state index contributed by atoms with van der Waals surface area (Å²) in [6.45, 7) is 0. The van der Waals surface area contributed by atoms with Crippen LogP contribution in [0.2, 0.25) is 0 Å². The fourth-order valence-electron chi connectivity index (χ4n) is 2.51. The third-order valence-electron chi connectivity index (χ3n) is 3.33. The molecule has 1 atom stereocenters. The van der Waals surface area contributed by atoms with E-state index in [9.17, 15) is 9.59 Å². The maximum absolute atomic E-state index is 12.5. The number of hydrogen-bond donors (Lipinski definition) is 1. The van der Waals surface area contributed by atoms with Crippen molar-refractivity contribution >= 4 is 17.6 Å². The van der Waals surface area contributed by atoms with Gasteiger partial charge in [0.25, 0.3) is 5.91 Å². The fourth-order valence-corrected chi connectivity index (χ4v) is 2.51. The lowest BCUT2D eigenvalue weighted by Crippen LogP contribution is -2.29. The molecule has 1 aliphatic heterocycles. The number of aromatic nitrogens is 1. The van der Waals surface area contributed by atoms with E-state index in [1.54, 1.807) is 30.5 Å². The number of hydrogen-bond acceptors (Lipinski definition) is 3. The van der Waals surface area contributed by atoms with Gasteiger partial charge in [-0.1, -0.05) is 24.3 Å². The van der Waals surface area contributed by atoms with Crippen LogP contribution < -0.4 is 4.90 Å². The summed E-state index contributed by atoms with van der Waals surface area (Å²) in [7, 11) is 0. The van der Waals surface area contributed by atoms with E-state index >= 15 is 0 Å². The highest BCUT2D eigenvalue weighted by Crippen LogP contribution is 2.38. The molecule has 1 amide bonds. The number of carboxylic acids is 1. The Balaban J connectivity index is 2.10. The van der Waals surface area contributed by atoms with Crippen molar-refractivity contribution in [2.75, 3.05) is 4.90 Å². The molecule has 5 nitrogen and oxygen atoms in total. The summed E-state index contributed by atoms with van der Waals surface area (Å²) in [6.07, 6.45) is 1.41. The molecule has 100 valence electrons. The highest BCUT2D eigenvalue weighted by molar-refractivity contribution is 6.10. The molecule has 0 saturated carbocycles. The third-order valence-corrected chi connectivity index (χ3v) is 3.33. The van der Waals surface area contributed by atoms with Gasteiger partial charge in [-0.05, 0) is 18.2 Å².